The molecule has 0 aromatic heterocycles. The van der Waals surface area contributed by atoms with E-state index in [-0.39, 0.29) is 6.04 Å². The van der Waals surface area contributed by atoms with Gasteiger partial charge >= 0.3 is 6.18 Å². The molecule has 1 N–H and O–H groups in total. The molecule has 0 radical (unpaired) electrons. The molecule has 1 heterocycles. The van der Waals surface area contributed by atoms with Crippen molar-refractivity contribution in [2.75, 3.05) is 5.32 Å². The molecule has 0 fully saturated rings. The summed E-state index contributed by atoms with van der Waals surface area (Å²) in [6.45, 7) is 0. The minimum Gasteiger partial charge on any atom is -0.378 e. The van der Waals surface area contributed by atoms with Gasteiger partial charge in [0, 0.05) is 10.2 Å². The number of fused-ring (bicyclic) bond motifs is 1. The van der Waals surface area contributed by atoms with E-state index in [0.29, 0.717) is 12.0 Å². The first-order valence-electron chi connectivity index (χ1n) is 6.16. The number of hydrogen-bond acceptors (Lipinski definition) is 1. The highest BCUT2D eigenvalue weighted by Gasteiger charge is 2.32. The quantitative estimate of drug-likeness (QED) is 0.753. The van der Waals surface area contributed by atoms with E-state index in [0.717, 1.165) is 21.8 Å². The fourth-order valence-electron chi connectivity index (χ4n) is 2.48. The van der Waals surface area contributed by atoms with Crippen molar-refractivity contribution in [2.24, 2.45) is 0 Å². The smallest absolute Gasteiger partial charge is 0.378 e. The molecule has 0 spiro atoms. The van der Waals surface area contributed by atoms with Gasteiger partial charge in [-0.15, -0.1) is 0 Å². The Kier molecular flexibility index (Phi) is 3.24. The summed E-state index contributed by atoms with van der Waals surface area (Å²) in [7, 11) is 0. The molecule has 104 valence electrons. The fourth-order valence-corrected chi connectivity index (χ4v) is 3.04. The highest BCUT2D eigenvalue weighted by atomic mass is 79.9. The van der Waals surface area contributed by atoms with Crippen molar-refractivity contribution >= 4 is 21.6 Å². The first-order valence-corrected chi connectivity index (χ1v) is 6.95. The Balaban J connectivity index is 1.91. The van der Waals surface area contributed by atoms with Gasteiger partial charge in [0.05, 0.1) is 11.6 Å². The van der Waals surface area contributed by atoms with Crippen molar-refractivity contribution in [2.45, 2.75) is 18.6 Å². The second-order valence-electron chi connectivity index (χ2n) is 4.79. The zero-order chi connectivity index (χ0) is 14.3. The van der Waals surface area contributed by atoms with Gasteiger partial charge in [-0.3, -0.25) is 0 Å². The molecule has 1 aliphatic rings. The Bertz CT molecular complexity index is 652. The standard InChI is InChI=1S/C15H11BrF3N/c16-12-4-2-1-3-11(12)14-8-9-7-10(15(17,18)19)5-6-13(9)20-14/h1-7,14,20H,8H2. The summed E-state index contributed by atoms with van der Waals surface area (Å²) in [6.07, 6.45) is -3.73. The number of benzene rings is 2. The van der Waals surface area contributed by atoms with Crippen LogP contribution in [0.15, 0.2) is 46.9 Å². The topological polar surface area (TPSA) is 12.0 Å². The Morgan fingerprint density at radius 3 is 2.55 bits per heavy atom. The molecule has 1 atom stereocenters. The summed E-state index contributed by atoms with van der Waals surface area (Å²) in [5.74, 6) is 0. The van der Waals surface area contributed by atoms with Crippen LogP contribution in [0.5, 0.6) is 0 Å². The number of rotatable bonds is 1. The summed E-state index contributed by atoms with van der Waals surface area (Å²) in [6, 6.07) is 11.6. The molecule has 0 saturated heterocycles. The van der Waals surface area contributed by atoms with Crippen LogP contribution in [0.3, 0.4) is 0 Å². The molecular formula is C15H11BrF3N. The average Bonchev–Trinajstić information content (AvgIpc) is 2.80. The van der Waals surface area contributed by atoms with Gasteiger partial charge in [0.2, 0.25) is 0 Å². The van der Waals surface area contributed by atoms with Gasteiger partial charge in [0.15, 0.2) is 0 Å². The molecular weight excluding hydrogens is 331 g/mol. The molecule has 1 unspecified atom stereocenters. The lowest BCUT2D eigenvalue weighted by atomic mass is 10.0. The van der Waals surface area contributed by atoms with E-state index in [1.165, 1.54) is 12.1 Å². The van der Waals surface area contributed by atoms with Gasteiger partial charge in [-0.05, 0) is 41.8 Å². The van der Waals surface area contributed by atoms with E-state index in [4.69, 9.17) is 0 Å². The summed E-state index contributed by atoms with van der Waals surface area (Å²) >= 11 is 3.48. The van der Waals surface area contributed by atoms with E-state index in [1.54, 1.807) is 0 Å². The Morgan fingerprint density at radius 2 is 1.85 bits per heavy atom. The maximum Gasteiger partial charge on any atom is 0.416 e. The van der Waals surface area contributed by atoms with E-state index >= 15 is 0 Å². The van der Waals surface area contributed by atoms with Gasteiger partial charge < -0.3 is 5.32 Å². The number of alkyl halides is 3. The fraction of sp³-hybridized carbons (Fsp3) is 0.200. The molecule has 1 aliphatic heterocycles. The predicted octanol–water partition coefficient (Wildman–Crippen LogP) is 5.18. The molecule has 0 amide bonds. The molecule has 20 heavy (non-hydrogen) atoms. The third kappa shape index (κ3) is 2.42. The van der Waals surface area contributed by atoms with Crippen LogP contribution in [0.1, 0.15) is 22.7 Å². The zero-order valence-electron chi connectivity index (χ0n) is 10.3. The molecule has 2 aromatic carbocycles. The van der Waals surface area contributed by atoms with Crippen LogP contribution in [0.25, 0.3) is 0 Å². The first kappa shape index (κ1) is 13.5. The van der Waals surface area contributed by atoms with Crippen molar-refractivity contribution in [3.8, 4) is 0 Å². The lowest BCUT2D eigenvalue weighted by Gasteiger charge is -2.13. The van der Waals surface area contributed by atoms with E-state index in [9.17, 15) is 13.2 Å². The van der Waals surface area contributed by atoms with Crippen LogP contribution < -0.4 is 5.32 Å². The van der Waals surface area contributed by atoms with Gasteiger partial charge in [0.25, 0.3) is 0 Å². The predicted molar refractivity (Wildman–Crippen MR) is 75.7 cm³/mol. The normalized spacial score (nSPS) is 17.7. The van der Waals surface area contributed by atoms with E-state index in [1.807, 2.05) is 24.3 Å². The second kappa shape index (κ2) is 4.81. The second-order valence-corrected chi connectivity index (χ2v) is 5.65. The first-order chi connectivity index (χ1) is 9.45. The Labute approximate surface area is 122 Å². The van der Waals surface area contributed by atoms with E-state index < -0.39 is 11.7 Å². The lowest BCUT2D eigenvalue weighted by molar-refractivity contribution is -0.137. The van der Waals surface area contributed by atoms with Crippen molar-refractivity contribution < 1.29 is 13.2 Å². The van der Waals surface area contributed by atoms with Gasteiger partial charge in [-0.25, -0.2) is 0 Å². The highest BCUT2D eigenvalue weighted by molar-refractivity contribution is 9.10. The largest absolute Gasteiger partial charge is 0.416 e. The van der Waals surface area contributed by atoms with Crippen molar-refractivity contribution in [3.63, 3.8) is 0 Å². The minimum absolute atomic E-state index is 0.00376. The summed E-state index contributed by atoms with van der Waals surface area (Å²) in [5, 5.41) is 3.27. The van der Waals surface area contributed by atoms with Crippen LogP contribution >= 0.6 is 15.9 Å². The molecule has 1 nitrogen and oxygen atoms in total. The van der Waals surface area contributed by atoms with Crippen molar-refractivity contribution in [1.29, 1.82) is 0 Å². The Hall–Kier alpha value is -1.49. The Morgan fingerprint density at radius 1 is 1.10 bits per heavy atom. The third-order valence-corrected chi connectivity index (χ3v) is 4.19. The highest BCUT2D eigenvalue weighted by Crippen LogP contribution is 2.39. The minimum atomic E-state index is -4.29. The maximum absolute atomic E-state index is 12.7. The van der Waals surface area contributed by atoms with Crippen LogP contribution in [0.2, 0.25) is 0 Å². The van der Waals surface area contributed by atoms with Gasteiger partial charge in [-0.1, -0.05) is 34.1 Å². The maximum atomic E-state index is 12.7. The molecule has 3 rings (SSSR count). The average molecular weight is 342 g/mol. The van der Waals surface area contributed by atoms with Crippen molar-refractivity contribution in [3.05, 3.63) is 63.6 Å². The van der Waals surface area contributed by atoms with Gasteiger partial charge in [0.1, 0.15) is 0 Å². The van der Waals surface area contributed by atoms with Crippen LogP contribution in [0.4, 0.5) is 18.9 Å². The molecule has 5 heteroatoms. The number of hydrogen-bond donors (Lipinski definition) is 1. The zero-order valence-corrected chi connectivity index (χ0v) is 11.9. The lowest BCUT2D eigenvalue weighted by Crippen LogP contribution is -2.06. The SMILES string of the molecule is FC(F)(F)c1ccc2c(c1)CC(c1ccccc1Br)N2. The number of anilines is 1. The summed E-state index contributed by atoms with van der Waals surface area (Å²) in [4.78, 5) is 0. The monoisotopic (exact) mass is 341 g/mol. The molecule has 0 bridgehead atoms. The number of nitrogens with one attached hydrogen (secondary N) is 1. The number of halogens is 4. The summed E-state index contributed by atoms with van der Waals surface area (Å²) in [5.41, 5.74) is 1.95. The molecule has 2 aromatic rings. The van der Waals surface area contributed by atoms with E-state index in [2.05, 4.69) is 21.2 Å². The van der Waals surface area contributed by atoms with Crippen LogP contribution in [-0.2, 0) is 12.6 Å². The van der Waals surface area contributed by atoms with Crippen LogP contribution in [-0.4, -0.2) is 0 Å². The summed E-state index contributed by atoms with van der Waals surface area (Å²) < 4.78 is 39.1. The van der Waals surface area contributed by atoms with Crippen LogP contribution in [0, 0.1) is 0 Å². The molecule has 0 saturated carbocycles. The van der Waals surface area contributed by atoms with Crippen molar-refractivity contribution in [1.82, 2.24) is 0 Å². The third-order valence-electron chi connectivity index (χ3n) is 3.47. The van der Waals surface area contributed by atoms with Gasteiger partial charge in [-0.2, -0.15) is 13.2 Å². The molecule has 0 aliphatic carbocycles.